The molecule has 0 spiro atoms. The maximum Gasteiger partial charge on any atom is 0.251 e. The summed E-state index contributed by atoms with van der Waals surface area (Å²) in [5.74, 6) is 2.01. The molecule has 28 heavy (non-hydrogen) atoms. The largest absolute Gasteiger partial charge is 0.497 e. The Labute approximate surface area is 164 Å². The molecule has 0 saturated heterocycles. The first-order valence-corrected chi connectivity index (χ1v) is 8.97. The highest BCUT2D eigenvalue weighted by atomic mass is 16.5. The van der Waals surface area contributed by atoms with E-state index in [1.54, 1.807) is 38.5 Å². The Morgan fingerprint density at radius 2 is 1.54 bits per heavy atom. The van der Waals surface area contributed by atoms with Crippen LogP contribution >= 0.6 is 0 Å². The van der Waals surface area contributed by atoms with Crippen LogP contribution in [0.2, 0.25) is 0 Å². The summed E-state index contributed by atoms with van der Waals surface area (Å²) < 4.78 is 16.5. The van der Waals surface area contributed by atoms with E-state index in [0.717, 1.165) is 17.1 Å². The third kappa shape index (κ3) is 5.11. The molecule has 144 valence electrons. The number of hydrogen-bond donors (Lipinski definition) is 1. The predicted octanol–water partition coefficient (Wildman–Crippen LogP) is 4.61. The number of methoxy groups -OCH3 is 2. The van der Waals surface area contributed by atoms with E-state index in [4.69, 9.17) is 14.2 Å². The second kappa shape index (κ2) is 9.58. The van der Waals surface area contributed by atoms with Crippen LogP contribution in [-0.2, 0) is 4.74 Å². The Morgan fingerprint density at radius 1 is 0.857 bits per heavy atom. The van der Waals surface area contributed by atoms with Gasteiger partial charge in [0.15, 0.2) is 0 Å². The van der Waals surface area contributed by atoms with E-state index in [0.29, 0.717) is 17.9 Å². The minimum atomic E-state index is -0.264. The second-order valence-corrected chi connectivity index (χ2v) is 6.15. The van der Waals surface area contributed by atoms with Crippen molar-refractivity contribution in [1.82, 2.24) is 5.32 Å². The third-order valence-corrected chi connectivity index (χ3v) is 4.29. The van der Waals surface area contributed by atoms with Crippen molar-refractivity contribution in [2.75, 3.05) is 20.8 Å². The number of carbonyl (C=O) groups excluding carboxylic acids is 1. The van der Waals surface area contributed by atoms with Gasteiger partial charge in [-0.1, -0.05) is 30.3 Å². The van der Waals surface area contributed by atoms with E-state index < -0.39 is 0 Å². The van der Waals surface area contributed by atoms with Gasteiger partial charge in [0.25, 0.3) is 5.91 Å². The molecule has 0 heterocycles. The highest BCUT2D eigenvalue weighted by molar-refractivity contribution is 5.94. The molecule has 0 bridgehead atoms. The fourth-order valence-electron chi connectivity index (χ4n) is 2.77. The van der Waals surface area contributed by atoms with Gasteiger partial charge in [0.2, 0.25) is 0 Å². The van der Waals surface area contributed by atoms with Gasteiger partial charge in [-0.2, -0.15) is 0 Å². The summed E-state index contributed by atoms with van der Waals surface area (Å²) in [6.07, 6.45) is -0.264. The fraction of sp³-hybridized carbons (Fsp3) is 0.174. The lowest BCUT2D eigenvalue weighted by Gasteiger charge is -2.17. The maximum atomic E-state index is 12.5. The third-order valence-electron chi connectivity index (χ3n) is 4.29. The normalized spacial score (nSPS) is 11.5. The van der Waals surface area contributed by atoms with Crippen molar-refractivity contribution in [3.8, 4) is 17.2 Å². The molecule has 5 nitrogen and oxygen atoms in total. The number of amides is 1. The number of hydrogen-bond acceptors (Lipinski definition) is 4. The SMILES string of the molecule is COc1cccc(C(CNC(=O)c2ccc(Oc3ccccc3)cc2)OC)c1. The molecule has 1 unspecified atom stereocenters. The van der Waals surface area contributed by atoms with Gasteiger partial charge in [-0.3, -0.25) is 4.79 Å². The molecule has 1 N–H and O–H groups in total. The van der Waals surface area contributed by atoms with Crippen molar-refractivity contribution in [3.63, 3.8) is 0 Å². The minimum absolute atomic E-state index is 0.170. The molecule has 3 aromatic rings. The highest BCUT2D eigenvalue weighted by Crippen LogP contribution is 2.22. The van der Waals surface area contributed by atoms with Gasteiger partial charge in [-0.25, -0.2) is 0 Å². The zero-order valence-electron chi connectivity index (χ0n) is 15.9. The van der Waals surface area contributed by atoms with E-state index in [-0.39, 0.29) is 12.0 Å². The van der Waals surface area contributed by atoms with Crippen molar-refractivity contribution in [2.45, 2.75) is 6.10 Å². The number of rotatable bonds is 8. The summed E-state index contributed by atoms with van der Waals surface area (Å²) in [6, 6.07) is 24.1. The first-order valence-electron chi connectivity index (χ1n) is 8.97. The quantitative estimate of drug-likeness (QED) is 0.623. The zero-order valence-corrected chi connectivity index (χ0v) is 15.9. The molecule has 3 rings (SSSR count). The van der Waals surface area contributed by atoms with E-state index in [1.807, 2.05) is 54.6 Å². The molecule has 3 aromatic carbocycles. The molecular weight excluding hydrogens is 354 g/mol. The summed E-state index contributed by atoms with van der Waals surface area (Å²) in [4.78, 5) is 12.5. The van der Waals surface area contributed by atoms with Crippen LogP contribution in [0.4, 0.5) is 0 Å². The van der Waals surface area contributed by atoms with Crippen molar-refractivity contribution in [1.29, 1.82) is 0 Å². The molecule has 0 aliphatic rings. The first-order chi connectivity index (χ1) is 13.7. The van der Waals surface area contributed by atoms with Crippen LogP contribution in [0.3, 0.4) is 0 Å². The van der Waals surface area contributed by atoms with Crippen LogP contribution in [0.1, 0.15) is 22.0 Å². The van der Waals surface area contributed by atoms with Crippen molar-refractivity contribution >= 4 is 5.91 Å². The van der Waals surface area contributed by atoms with Crippen LogP contribution in [0.25, 0.3) is 0 Å². The number of para-hydroxylation sites is 1. The van der Waals surface area contributed by atoms with E-state index in [9.17, 15) is 4.79 Å². The topological polar surface area (TPSA) is 56.8 Å². The monoisotopic (exact) mass is 377 g/mol. The van der Waals surface area contributed by atoms with Crippen LogP contribution in [-0.4, -0.2) is 26.7 Å². The number of carbonyl (C=O) groups is 1. The fourth-order valence-corrected chi connectivity index (χ4v) is 2.77. The Kier molecular flexibility index (Phi) is 6.65. The predicted molar refractivity (Wildman–Crippen MR) is 108 cm³/mol. The summed E-state index contributed by atoms with van der Waals surface area (Å²) in [5, 5.41) is 2.91. The summed E-state index contributed by atoms with van der Waals surface area (Å²) in [6.45, 7) is 0.352. The molecular formula is C23H23NO4. The molecule has 0 aliphatic carbocycles. The van der Waals surface area contributed by atoms with Gasteiger partial charge in [-0.05, 0) is 54.1 Å². The smallest absolute Gasteiger partial charge is 0.251 e. The lowest BCUT2D eigenvalue weighted by molar-refractivity contribution is 0.0827. The second-order valence-electron chi connectivity index (χ2n) is 6.15. The van der Waals surface area contributed by atoms with Crippen LogP contribution < -0.4 is 14.8 Å². The van der Waals surface area contributed by atoms with Crippen molar-refractivity contribution in [3.05, 3.63) is 90.0 Å². The first kappa shape index (κ1) is 19.5. The molecule has 5 heteroatoms. The average molecular weight is 377 g/mol. The Balaban J connectivity index is 1.59. The molecule has 0 radical (unpaired) electrons. The average Bonchev–Trinajstić information content (AvgIpc) is 2.75. The lowest BCUT2D eigenvalue weighted by Crippen LogP contribution is -2.29. The molecule has 0 fully saturated rings. The number of ether oxygens (including phenoxy) is 3. The van der Waals surface area contributed by atoms with Gasteiger partial charge in [0.1, 0.15) is 17.2 Å². The lowest BCUT2D eigenvalue weighted by atomic mass is 10.1. The van der Waals surface area contributed by atoms with Crippen LogP contribution in [0.15, 0.2) is 78.9 Å². The van der Waals surface area contributed by atoms with Crippen LogP contribution in [0, 0.1) is 0 Å². The Bertz CT molecular complexity index is 894. The van der Waals surface area contributed by atoms with Crippen molar-refractivity contribution in [2.24, 2.45) is 0 Å². The van der Waals surface area contributed by atoms with Gasteiger partial charge in [0.05, 0.1) is 13.2 Å². The highest BCUT2D eigenvalue weighted by Gasteiger charge is 2.14. The van der Waals surface area contributed by atoms with E-state index >= 15 is 0 Å². The van der Waals surface area contributed by atoms with E-state index in [2.05, 4.69) is 5.32 Å². The Hall–Kier alpha value is -3.31. The standard InChI is InChI=1S/C23H23NO4/c1-26-21-10-6-7-18(15-21)22(27-2)16-24-23(25)17-11-13-20(14-12-17)28-19-8-4-3-5-9-19/h3-15,22H,16H2,1-2H3,(H,24,25). The molecule has 1 atom stereocenters. The summed E-state index contributed by atoms with van der Waals surface area (Å²) >= 11 is 0. The minimum Gasteiger partial charge on any atom is -0.497 e. The van der Waals surface area contributed by atoms with Gasteiger partial charge in [-0.15, -0.1) is 0 Å². The number of nitrogens with one attached hydrogen (secondary N) is 1. The van der Waals surface area contributed by atoms with Crippen molar-refractivity contribution < 1.29 is 19.0 Å². The maximum absolute atomic E-state index is 12.5. The van der Waals surface area contributed by atoms with Gasteiger partial charge >= 0.3 is 0 Å². The van der Waals surface area contributed by atoms with Crippen LogP contribution in [0.5, 0.6) is 17.2 Å². The summed E-state index contributed by atoms with van der Waals surface area (Å²) in [7, 11) is 3.24. The molecule has 0 aromatic heterocycles. The van der Waals surface area contributed by atoms with Gasteiger partial charge < -0.3 is 19.5 Å². The zero-order chi connectivity index (χ0) is 19.8. The van der Waals surface area contributed by atoms with Gasteiger partial charge in [0, 0.05) is 19.2 Å². The molecule has 0 aliphatic heterocycles. The molecule has 1 amide bonds. The molecule has 0 saturated carbocycles. The number of benzene rings is 3. The summed E-state index contributed by atoms with van der Waals surface area (Å²) in [5.41, 5.74) is 1.50. The Morgan fingerprint density at radius 3 is 2.21 bits per heavy atom. The van der Waals surface area contributed by atoms with E-state index in [1.165, 1.54) is 0 Å².